The molecular weight excluding hydrogens is 191 g/mol. The molecule has 1 rings (SSSR count). The third-order valence-corrected chi connectivity index (χ3v) is 2.00. The number of halogens is 2. The van der Waals surface area contributed by atoms with Crippen LogP contribution in [-0.4, -0.2) is 7.05 Å². The molecule has 0 radical (unpaired) electrons. The van der Waals surface area contributed by atoms with Crippen LogP contribution in [0.2, 0.25) is 5.02 Å². The highest BCUT2D eigenvalue weighted by Crippen LogP contribution is 2.19. The monoisotopic (exact) mass is 198 g/mol. The summed E-state index contributed by atoms with van der Waals surface area (Å²) in [6.07, 6.45) is 0. The standard InChI is InChI=1S/C9H8ClFN2/c1-13-9(5-12)6-2-3-7(10)8(11)4-6/h2-4,9,13H,1H3/t9-/m1/s1. The Bertz CT molecular complexity index is 346. The van der Waals surface area contributed by atoms with Gasteiger partial charge in [-0.2, -0.15) is 5.26 Å². The lowest BCUT2D eigenvalue weighted by Gasteiger charge is -2.07. The SMILES string of the molecule is CN[C@H](C#N)c1ccc(Cl)c(F)c1. The number of hydrogen-bond donors (Lipinski definition) is 1. The second kappa shape index (κ2) is 4.22. The van der Waals surface area contributed by atoms with E-state index in [1.54, 1.807) is 13.1 Å². The zero-order chi connectivity index (χ0) is 9.84. The van der Waals surface area contributed by atoms with Crippen LogP contribution in [0.1, 0.15) is 11.6 Å². The fourth-order valence-electron chi connectivity index (χ4n) is 0.998. The van der Waals surface area contributed by atoms with Gasteiger partial charge in [0.2, 0.25) is 0 Å². The Labute approximate surface area is 80.9 Å². The van der Waals surface area contributed by atoms with Crippen molar-refractivity contribution in [1.82, 2.24) is 5.32 Å². The van der Waals surface area contributed by atoms with Crippen molar-refractivity contribution < 1.29 is 4.39 Å². The second-order valence-corrected chi connectivity index (χ2v) is 2.93. The first kappa shape index (κ1) is 9.97. The Morgan fingerprint density at radius 1 is 1.62 bits per heavy atom. The topological polar surface area (TPSA) is 35.8 Å². The molecule has 0 amide bonds. The van der Waals surface area contributed by atoms with E-state index in [0.717, 1.165) is 0 Å². The quantitative estimate of drug-likeness (QED) is 0.792. The molecule has 0 saturated carbocycles. The van der Waals surface area contributed by atoms with E-state index < -0.39 is 11.9 Å². The highest BCUT2D eigenvalue weighted by Gasteiger charge is 2.09. The van der Waals surface area contributed by atoms with E-state index in [4.69, 9.17) is 16.9 Å². The molecule has 0 bridgehead atoms. The summed E-state index contributed by atoms with van der Waals surface area (Å²) < 4.78 is 12.9. The molecule has 0 fully saturated rings. The lowest BCUT2D eigenvalue weighted by molar-refractivity contribution is 0.620. The van der Waals surface area contributed by atoms with Crippen LogP contribution in [0, 0.1) is 17.1 Å². The van der Waals surface area contributed by atoms with Gasteiger partial charge in [0, 0.05) is 0 Å². The Morgan fingerprint density at radius 2 is 2.31 bits per heavy atom. The molecule has 0 unspecified atom stereocenters. The van der Waals surface area contributed by atoms with Crippen LogP contribution < -0.4 is 5.32 Å². The third-order valence-electron chi connectivity index (χ3n) is 1.69. The van der Waals surface area contributed by atoms with Gasteiger partial charge in [0.25, 0.3) is 0 Å². The molecule has 13 heavy (non-hydrogen) atoms. The fraction of sp³-hybridized carbons (Fsp3) is 0.222. The van der Waals surface area contributed by atoms with E-state index in [9.17, 15) is 4.39 Å². The predicted molar refractivity (Wildman–Crippen MR) is 48.8 cm³/mol. The summed E-state index contributed by atoms with van der Waals surface area (Å²) in [6, 6.07) is 5.82. The van der Waals surface area contributed by atoms with Crippen LogP contribution in [0.5, 0.6) is 0 Å². The molecule has 1 aromatic rings. The molecule has 2 nitrogen and oxygen atoms in total. The molecule has 0 aliphatic heterocycles. The first-order valence-electron chi connectivity index (χ1n) is 3.71. The minimum absolute atomic E-state index is 0.0662. The maximum absolute atomic E-state index is 12.9. The van der Waals surface area contributed by atoms with Crippen molar-refractivity contribution >= 4 is 11.6 Å². The van der Waals surface area contributed by atoms with Gasteiger partial charge in [0.15, 0.2) is 0 Å². The maximum atomic E-state index is 12.9. The molecule has 0 heterocycles. The summed E-state index contributed by atoms with van der Waals surface area (Å²) in [5, 5.41) is 11.5. The zero-order valence-electron chi connectivity index (χ0n) is 7.01. The Balaban J connectivity index is 3.04. The number of rotatable bonds is 2. The molecular formula is C9H8ClFN2. The Kier molecular flexibility index (Phi) is 3.24. The normalized spacial score (nSPS) is 12.2. The van der Waals surface area contributed by atoms with E-state index in [2.05, 4.69) is 5.32 Å². The van der Waals surface area contributed by atoms with Crippen LogP contribution in [0.25, 0.3) is 0 Å². The number of hydrogen-bond acceptors (Lipinski definition) is 2. The number of nitrogens with zero attached hydrogens (tertiary/aromatic N) is 1. The summed E-state index contributed by atoms with van der Waals surface area (Å²) >= 11 is 5.49. The van der Waals surface area contributed by atoms with Crippen molar-refractivity contribution in [2.24, 2.45) is 0 Å². The second-order valence-electron chi connectivity index (χ2n) is 2.52. The fourth-order valence-corrected chi connectivity index (χ4v) is 1.12. The molecule has 1 atom stereocenters. The van der Waals surface area contributed by atoms with Gasteiger partial charge in [-0.15, -0.1) is 0 Å². The minimum Gasteiger partial charge on any atom is -0.301 e. The van der Waals surface area contributed by atoms with Gasteiger partial charge in [-0.1, -0.05) is 17.7 Å². The highest BCUT2D eigenvalue weighted by atomic mass is 35.5. The molecule has 0 aromatic heterocycles. The van der Waals surface area contributed by atoms with Gasteiger partial charge in [-0.05, 0) is 24.7 Å². The minimum atomic E-state index is -0.505. The highest BCUT2D eigenvalue weighted by molar-refractivity contribution is 6.30. The third kappa shape index (κ3) is 2.18. The summed E-state index contributed by atoms with van der Waals surface area (Å²) in [5.41, 5.74) is 0.576. The molecule has 1 N–H and O–H groups in total. The van der Waals surface area contributed by atoms with Gasteiger partial charge >= 0.3 is 0 Å². The van der Waals surface area contributed by atoms with E-state index in [0.29, 0.717) is 5.56 Å². The summed E-state index contributed by atoms with van der Waals surface area (Å²) in [6.45, 7) is 0. The first-order valence-corrected chi connectivity index (χ1v) is 4.08. The van der Waals surface area contributed by atoms with E-state index in [1.165, 1.54) is 12.1 Å². The molecule has 0 spiro atoms. The van der Waals surface area contributed by atoms with Gasteiger partial charge in [-0.3, -0.25) is 0 Å². The largest absolute Gasteiger partial charge is 0.301 e. The molecule has 1 aromatic carbocycles. The van der Waals surface area contributed by atoms with Crippen LogP contribution in [0.15, 0.2) is 18.2 Å². The van der Waals surface area contributed by atoms with Gasteiger partial charge < -0.3 is 5.32 Å². The molecule has 0 aliphatic rings. The van der Waals surface area contributed by atoms with Crippen molar-refractivity contribution in [1.29, 1.82) is 5.26 Å². The molecule has 0 aliphatic carbocycles. The number of nitriles is 1. The lowest BCUT2D eigenvalue weighted by atomic mass is 10.1. The summed E-state index contributed by atoms with van der Waals surface area (Å²) in [4.78, 5) is 0. The van der Waals surface area contributed by atoms with Crippen molar-refractivity contribution in [3.05, 3.63) is 34.6 Å². The van der Waals surface area contributed by atoms with Gasteiger partial charge in [-0.25, -0.2) is 4.39 Å². The zero-order valence-corrected chi connectivity index (χ0v) is 7.77. The smallest absolute Gasteiger partial charge is 0.142 e. The Morgan fingerprint density at radius 3 is 2.77 bits per heavy atom. The predicted octanol–water partition coefficient (Wildman–Crippen LogP) is 2.26. The van der Waals surface area contributed by atoms with Crippen molar-refractivity contribution in [2.45, 2.75) is 6.04 Å². The molecule has 4 heteroatoms. The van der Waals surface area contributed by atoms with E-state index in [1.807, 2.05) is 6.07 Å². The summed E-state index contributed by atoms with van der Waals surface area (Å²) in [7, 11) is 1.64. The molecule has 0 saturated heterocycles. The lowest BCUT2D eigenvalue weighted by Crippen LogP contribution is -2.14. The summed E-state index contributed by atoms with van der Waals surface area (Å²) in [5.74, 6) is -0.505. The van der Waals surface area contributed by atoms with E-state index >= 15 is 0 Å². The average molecular weight is 199 g/mol. The first-order chi connectivity index (χ1) is 6.19. The van der Waals surface area contributed by atoms with Crippen LogP contribution in [0.4, 0.5) is 4.39 Å². The average Bonchev–Trinajstić information content (AvgIpc) is 2.13. The van der Waals surface area contributed by atoms with Crippen LogP contribution in [-0.2, 0) is 0 Å². The maximum Gasteiger partial charge on any atom is 0.142 e. The van der Waals surface area contributed by atoms with Crippen LogP contribution >= 0.6 is 11.6 Å². The van der Waals surface area contributed by atoms with E-state index in [-0.39, 0.29) is 5.02 Å². The van der Waals surface area contributed by atoms with Crippen molar-refractivity contribution in [3.8, 4) is 6.07 Å². The van der Waals surface area contributed by atoms with Crippen LogP contribution in [0.3, 0.4) is 0 Å². The van der Waals surface area contributed by atoms with Gasteiger partial charge in [0.1, 0.15) is 11.9 Å². The van der Waals surface area contributed by atoms with Crippen molar-refractivity contribution in [2.75, 3.05) is 7.05 Å². The Hall–Kier alpha value is -1.11. The molecule has 68 valence electrons. The van der Waals surface area contributed by atoms with Crippen molar-refractivity contribution in [3.63, 3.8) is 0 Å². The number of benzene rings is 1. The number of nitrogens with one attached hydrogen (secondary N) is 1. The van der Waals surface area contributed by atoms with Gasteiger partial charge in [0.05, 0.1) is 11.1 Å².